The molecule has 1 aliphatic rings. The van der Waals surface area contributed by atoms with Crippen LogP contribution in [0, 0.1) is 0 Å². The van der Waals surface area contributed by atoms with Gasteiger partial charge in [-0.25, -0.2) is 17.9 Å². The minimum atomic E-state index is -3.73. The Morgan fingerprint density at radius 3 is 2.81 bits per heavy atom. The lowest BCUT2D eigenvalue weighted by atomic mass is 10.2. The molecule has 0 bridgehead atoms. The Balaban J connectivity index is 2.11. The molecule has 1 heterocycles. The summed E-state index contributed by atoms with van der Waals surface area (Å²) < 4.78 is 26.9. The van der Waals surface area contributed by atoms with Gasteiger partial charge in [-0.2, -0.15) is 23.5 Å². The number of benzene rings is 1. The lowest BCUT2D eigenvalue weighted by Crippen LogP contribution is -2.33. The number of thioether (sulfide) groups is 2. The lowest BCUT2D eigenvalue weighted by molar-refractivity contribution is 0.0697. The van der Waals surface area contributed by atoms with Crippen molar-refractivity contribution in [3.8, 4) is 0 Å². The van der Waals surface area contributed by atoms with Gasteiger partial charge >= 0.3 is 5.97 Å². The van der Waals surface area contributed by atoms with Gasteiger partial charge in [0.15, 0.2) is 0 Å². The van der Waals surface area contributed by atoms with Crippen molar-refractivity contribution in [2.75, 3.05) is 23.8 Å². The van der Waals surface area contributed by atoms with Gasteiger partial charge in [0.05, 0.1) is 15.5 Å². The molecular formula is C12H14ClNO4S3. The second-order valence-electron chi connectivity index (χ2n) is 4.37. The van der Waals surface area contributed by atoms with Crippen LogP contribution in [0.2, 0.25) is 5.02 Å². The molecule has 0 radical (unpaired) electrons. The Labute approximate surface area is 136 Å². The number of sulfonamides is 1. The van der Waals surface area contributed by atoms with Crippen LogP contribution < -0.4 is 4.72 Å². The fourth-order valence-corrected chi connectivity index (χ4v) is 5.80. The van der Waals surface area contributed by atoms with Crippen LogP contribution in [0.4, 0.5) is 0 Å². The van der Waals surface area contributed by atoms with Crippen LogP contribution in [0.15, 0.2) is 23.1 Å². The predicted octanol–water partition coefficient (Wildman–Crippen LogP) is 2.17. The Bertz CT molecular complexity index is 629. The van der Waals surface area contributed by atoms with E-state index in [0.29, 0.717) is 6.54 Å². The van der Waals surface area contributed by atoms with Crippen molar-refractivity contribution < 1.29 is 18.3 Å². The molecule has 1 atom stereocenters. The molecule has 1 fully saturated rings. The van der Waals surface area contributed by atoms with E-state index in [1.807, 2.05) is 0 Å². The van der Waals surface area contributed by atoms with E-state index < -0.39 is 16.0 Å². The summed E-state index contributed by atoms with van der Waals surface area (Å²) in [5.41, 5.74) is -0.220. The molecule has 2 rings (SSSR count). The van der Waals surface area contributed by atoms with E-state index in [0.717, 1.165) is 23.3 Å². The molecule has 5 nitrogen and oxygen atoms in total. The zero-order chi connectivity index (χ0) is 15.5. The molecule has 0 amide bonds. The summed E-state index contributed by atoms with van der Waals surface area (Å²) in [5.74, 6) is 1.76. The second kappa shape index (κ2) is 7.23. The number of hydrogen-bond acceptors (Lipinski definition) is 5. The maximum Gasteiger partial charge on any atom is 0.337 e. The highest BCUT2D eigenvalue weighted by Crippen LogP contribution is 2.24. The zero-order valence-electron chi connectivity index (χ0n) is 10.9. The summed E-state index contributed by atoms with van der Waals surface area (Å²) in [6.07, 6.45) is 0. The predicted molar refractivity (Wildman–Crippen MR) is 87.2 cm³/mol. The van der Waals surface area contributed by atoms with Gasteiger partial charge in [0.1, 0.15) is 0 Å². The normalized spacial score (nSPS) is 19.4. The summed E-state index contributed by atoms with van der Waals surface area (Å²) in [6.45, 7) is 0.338. The van der Waals surface area contributed by atoms with Crippen molar-refractivity contribution in [2.45, 2.75) is 10.1 Å². The molecule has 0 spiro atoms. The lowest BCUT2D eigenvalue weighted by Gasteiger charge is -2.21. The van der Waals surface area contributed by atoms with Crippen LogP contribution >= 0.6 is 35.1 Å². The molecule has 0 aromatic heterocycles. The maximum absolute atomic E-state index is 12.2. The molecule has 1 aromatic rings. The molecule has 1 saturated heterocycles. The Morgan fingerprint density at radius 2 is 2.19 bits per heavy atom. The van der Waals surface area contributed by atoms with Crippen LogP contribution in [0.3, 0.4) is 0 Å². The number of nitrogens with one attached hydrogen (secondary N) is 1. The van der Waals surface area contributed by atoms with E-state index in [2.05, 4.69) is 4.72 Å². The standard InChI is InChI=1S/C12H14ClNO4S3/c13-11-2-1-9(5-10(11)12(15)16)21(17,18)14-6-8-7-19-3-4-20-8/h1-2,5,8,14H,3-4,6-7H2,(H,15,16). The first-order valence-corrected chi connectivity index (χ1v) is 10.2. The Morgan fingerprint density at radius 1 is 1.43 bits per heavy atom. The quantitative estimate of drug-likeness (QED) is 0.829. The van der Waals surface area contributed by atoms with Gasteiger partial charge < -0.3 is 5.11 Å². The molecule has 116 valence electrons. The van der Waals surface area contributed by atoms with Crippen LogP contribution in [0.25, 0.3) is 0 Å². The van der Waals surface area contributed by atoms with Crippen molar-refractivity contribution in [1.82, 2.24) is 4.72 Å². The van der Waals surface area contributed by atoms with Gasteiger partial charge in [0.2, 0.25) is 10.0 Å². The van der Waals surface area contributed by atoms with Gasteiger partial charge in [0, 0.05) is 29.1 Å². The maximum atomic E-state index is 12.2. The summed E-state index contributed by atoms with van der Waals surface area (Å²) in [5, 5.41) is 9.24. The highest BCUT2D eigenvalue weighted by Gasteiger charge is 2.21. The SMILES string of the molecule is O=C(O)c1cc(S(=O)(=O)NCC2CSCCS2)ccc1Cl. The van der Waals surface area contributed by atoms with Crippen LogP contribution in [0.5, 0.6) is 0 Å². The van der Waals surface area contributed by atoms with Gasteiger partial charge in [-0.3, -0.25) is 0 Å². The van der Waals surface area contributed by atoms with E-state index in [1.54, 1.807) is 23.5 Å². The van der Waals surface area contributed by atoms with Crippen molar-refractivity contribution in [3.63, 3.8) is 0 Å². The third-order valence-corrected chi connectivity index (χ3v) is 7.46. The van der Waals surface area contributed by atoms with Gasteiger partial charge in [-0.05, 0) is 18.2 Å². The number of hydrogen-bond donors (Lipinski definition) is 2. The van der Waals surface area contributed by atoms with Gasteiger partial charge in [-0.15, -0.1) is 0 Å². The Hall–Kier alpha value is -0.410. The first kappa shape index (κ1) is 17.0. The number of carbonyl (C=O) groups is 1. The molecule has 21 heavy (non-hydrogen) atoms. The van der Waals surface area contributed by atoms with E-state index >= 15 is 0 Å². The molecule has 9 heteroatoms. The topological polar surface area (TPSA) is 83.5 Å². The molecular weight excluding hydrogens is 354 g/mol. The summed E-state index contributed by atoms with van der Waals surface area (Å²) in [7, 11) is -3.73. The summed E-state index contributed by atoms with van der Waals surface area (Å²) >= 11 is 9.29. The molecule has 1 aliphatic heterocycles. The number of halogens is 1. The third kappa shape index (κ3) is 4.53. The summed E-state index contributed by atoms with van der Waals surface area (Å²) in [6, 6.07) is 3.67. The van der Waals surface area contributed by atoms with Crippen LogP contribution in [-0.2, 0) is 10.0 Å². The number of aromatic carboxylic acids is 1. The van der Waals surface area contributed by atoms with Crippen LogP contribution in [-0.4, -0.2) is 48.5 Å². The highest BCUT2D eigenvalue weighted by atomic mass is 35.5. The Kier molecular flexibility index (Phi) is 5.84. The number of rotatable bonds is 5. The molecule has 0 aliphatic carbocycles. The number of carboxylic acids is 1. The van der Waals surface area contributed by atoms with Crippen LogP contribution in [0.1, 0.15) is 10.4 Å². The van der Waals surface area contributed by atoms with Crippen molar-refractivity contribution in [1.29, 1.82) is 0 Å². The third-order valence-electron chi connectivity index (χ3n) is 2.86. The largest absolute Gasteiger partial charge is 0.478 e. The van der Waals surface area contributed by atoms with Crippen molar-refractivity contribution >= 4 is 51.1 Å². The average Bonchev–Trinajstić information content (AvgIpc) is 2.46. The van der Waals surface area contributed by atoms with E-state index in [9.17, 15) is 13.2 Å². The first-order chi connectivity index (χ1) is 9.90. The van der Waals surface area contributed by atoms with Gasteiger partial charge in [0.25, 0.3) is 0 Å². The minimum absolute atomic E-state index is 0.0145. The average molecular weight is 368 g/mol. The van der Waals surface area contributed by atoms with Gasteiger partial charge in [-0.1, -0.05) is 11.6 Å². The van der Waals surface area contributed by atoms with E-state index in [-0.39, 0.29) is 20.7 Å². The number of carboxylic acid groups (broad SMARTS) is 1. The molecule has 0 saturated carbocycles. The van der Waals surface area contributed by atoms with E-state index in [1.165, 1.54) is 12.1 Å². The zero-order valence-corrected chi connectivity index (χ0v) is 14.1. The molecule has 1 aromatic carbocycles. The minimum Gasteiger partial charge on any atom is -0.478 e. The smallest absolute Gasteiger partial charge is 0.337 e. The monoisotopic (exact) mass is 367 g/mol. The molecule has 2 N–H and O–H groups in total. The summed E-state index contributed by atoms with van der Waals surface area (Å²) in [4.78, 5) is 10.9. The van der Waals surface area contributed by atoms with Crippen molar-refractivity contribution in [2.24, 2.45) is 0 Å². The highest BCUT2D eigenvalue weighted by molar-refractivity contribution is 8.06. The fraction of sp³-hybridized carbons (Fsp3) is 0.417. The second-order valence-corrected chi connectivity index (χ2v) is 9.10. The van der Waals surface area contributed by atoms with E-state index in [4.69, 9.17) is 16.7 Å². The van der Waals surface area contributed by atoms with Crippen molar-refractivity contribution in [3.05, 3.63) is 28.8 Å². The fourth-order valence-electron chi connectivity index (χ4n) is 1.78. The first-order valence-electron chi connectivity index (χ1n) is 6.12. The molecule has 1 unspecified atom stereocenters.